The second-order valence-corrected chi connectivity index (χ2v) is 4.24. The maximum atomic E-state index is 12.0. The first-order valence-electron chi connectivity index (χ1n) is 5.02. The van der Waals surface area contributed by atoms with E-state index in [2.05, 4.69) is 0 Å². The predicted molar refractivity (Wildman–Crippen MR) is 58.4 cm³/mol. The lowest BCUT2D eigenvalue weighted by Gasteiger charge is -2.20. The number of furan rings is 1. The van der Waals surface area contributed by atoms with Crippen LogP contribution in [-0.4, -0.2) is 40.5 Å². The molecule has 2 unspecified atom stereocenters. The number of carbonyl (C=O) groups excluding carboxylic acids is 2. The molecule has 1 aliphatic rings. The van der Waals surface area contributed by atoms with Gasteiger partial charge in [-0.05, 0) is 23.7 Å². The standard InChI is InChI=1S/C10H11ClN2O4/c11-8-2-1-7(17-8)10(16)13-4-5(14)3-6(13)9(12)15/h1-2,5-6,14H,3-4H2,(H2,12,15). The summed E-state index contributed by atoms with van der Waals surface area (Å²) >= 11 is 5.56. The normalized spacial score (nSPS) is 24.0. The Bertz CT molecular complexity index is 459. The molecule has 3 N–H and O–H groups in total. The van der Waals surface area contributed by atoms with Gasteiger partial charge in [0.2, 0.25) is 5.91 Å². The van der Waals surface area contributed by atoms with Crippen LogP contribution < -0.4 is 5.73 Å². The van der Waals surface area contributed by atoms with Gasteiger partial charge in [0.05, 0.1) is 6.10 Å². The quantitative estimate of drug-likeness (QED) is 0.780. The number of hydrogen-bond acceptors (Lipinski definition) is 4. The van der Waals surface area contributed by atoms with E-state index in [1.165, 1.54) is 17.0 Å². The van der Waals surface area contributed by atoms with Crippen molar-refractivity contribution in [3.8, 4) is 0 Å². The van der Waals surface area contributed by atoms with Crippen LogP contribution in [-0.2, 0) is 4.79 Å². The highest BCUT2D eigenvalue weighted by atomic mass is 35.5. The monoisotopic (exact) mass is 258 g/mol. The maximum Gasteiger partial charge on any atom is 0.290 e. The van der Waals surface area contributed by atoms with Gasteiger partial charge in [0.1, 0.15) is 6.04 Å². The number of likely N-dealkylation sites (tertiary alicyclic amines) is 1. The summed E-state index contributed by atoms with van der Waals surface area (Å²) in [5, 5.41) is 9.55. The number of hydrogen-bond donors (Lipinski definition) is 2. The Hall–Kier alpha value is -1.53. The van der Waals surface area contributed by atoms with E-state index >= 15 is 0 Å². The lowest BCUT2D eigenvalue weighted by molar-refractivity contribution is -0.121. The lowest BCUT2D eigenvalue weighted by atomic mass is 10.2. The third-order valence-corrected chi connectivity index (χ3v) is 2.86. The highest BCUT2D eigenvalue weighted by Gasteiger charge is 2.39. The van der Waals surface area contributed by atoms with Gasteiger partial charge in [0.25, 0.3) is 5.91 Å². The van der Waals surface area contributed by atoms with Crippen LogP contribution in [0.5, 0.6) is 0 Å². The number of halogens is 1. The average Bonchev–Trinajstić information content (AvgIpc) is 2.83. The van der Waals surface area contributed by atoms with Crippen LogP contribution in [0, 0.1) is 0 Å². The van der Waals surface area contributed by atoms with Gasteiger partial charge in [-0.15, -0.1) is 0 Å². The first-order valence-corrected chi connectivity index (χ1v) is 5.40. The number of nitrogens with two attached hydrogens (primary N) is 1. The van der Waals surface area contributed by atoms with E-state index in [1.54, 1.807) is 0 Å². The topological polar surface area (TPSA) is 96.8 Å². The Labute approximate surface area is 102 Å². The summed E-state index contributed by atoms with van der Waals surface area (Å²) < 4.78 is 4.96. The van der Waals surface area contributed by atoms with Crippen LogP contribution in [0.3, 0.4) is 0 Å². The summed E-state index contributed by atoms with van der Waals surface area (Å²) in [6.45, 7) is 0.0603. The molecule has 1 aliphatic heterocycles. The molecule has 2 atom stereocenters. The van der Waals surface area contributed by atoms with Crippen molar-refractivity contribution >= 4 is 23.4 Å². The summed E-state index contributed by atoms with van der Waals surface area (Å²) in [7, 11) is 0. The number of primary amides is 1. The van der Waals surface area contributed by atoms with E-state index in [-0.39, 0.29) is 23.9 Å². The molecule has 7 heteroatoms. The summed E-state index contributed by atoms with van der Waals surface area (Å²) in [6.07, 6.45) is -0.600. The largest absolute Gasteiger partial charge is 0.440 e. The van der Waals surface area contributed by atoms with E-state index in [0.717, 1.165) is 0 Å². The molecule has 1 aromatic heterocycles. The molecule has 17 heavy (non-hydrogen) atoms. The zero-order valence-corrected chi connectivity index (χ0v) is 9.55. The molecule has 2 amide bonds. The molecule has 0 aliphatic carbocycles. The van der Waals surface area contributed by atoms with Crippen LogP contribution >= 0.6 is 11.6 Å². The Kier molecular flexibility index (Phi) is 3.08. The Morgan fingerprint density at radius 1 is 1.53 bits per heavy atom. The minimum Gasteiger partial charge on any atom is -0.440 e. The van der Waals surface area contributed by atoms with Gasteiger partial charge in [0, 0.05) is 13.0 Å². The first kappa shape index (κ1) is 11.9. The molecule has 2 rings (SSSR count). The molecule has 0 aromatic carbocycles. The van der Waals surface area contributed by atoms with E-state index in [9.17, 15) is 14.7 Å². The summed E-state index contributed by atoms with van der Waals surface area (Å²) in [4.78, 5) is 24.3. The molecule has 0 saturated carbocycles. The van der Waals surface area contributed by atoms with Crippen molar-refractivity contribution in [2.75, 3.05) is 6.54 Å². The molecule has 0 radical (unpaired) electrons. The van der Waals surface area contributed by atoms with Gasteiger partial charge in [-0.25, -0.2) is 0 Å². The van der Waals surface area contributed by atoms with Gasteiger partial charge in [-0.1, -0.05) is 0 Å². The molecule has 1 saturated heterocycles. The van der Waals surface area contributed by atoms with Crippen LogP contribution in [0.1, 0.15) is 17.0 Å². The number of carbonyl (C=O) groups is 2. The van der Waals surface area contributed by atoms with E-state index in [1.807, 2.05) is 0 Å². The third kappa shape index (κ3) is 2.27. The molecular weight excluding hydrogens is 248 g/mol. The molecular formula is C10H11ClN2O4. The minimum absolute atomic E-state index is 0.0235. The highest BCUT2D eigenvalue weighted by Crippen LogP contribution is 2.22. The third-order valence-electron chi connectivity index (χ3n) is 2.65. The molecule has 1 fully saturated rings. The highest BCUT2D eigenvalue weighted by molar-refractivity contribution is 6.29. The number of amides is 2. The number of nitrogens with zero attached hydrogens (tertiary/aromatic N) is 1. The van der Waals surface area contributed by atoms with E-state index in [4.69, 9.17) is 21.8 Å². The van der Waals surface area contributed by atoms with Crippen molar-refractivity contribution in [1.29, 1.82) is 0 Å². The van der Waals surface area contributed by atoms with Crippen molar-refractivity contribution < 1.29 is 19.1 Å². The predicted octanol–water partition coefficient (Wildman–Crippen LogP) is -0.00630. The van der Waals surface area contributed by atoms with Crippen molar-refractivity contribution in [3.05, 3.63) is 23.1 Å². The van der Waals surface area contributed by atoms with E-state index < -0.39 is 24.0 Å². The zero-order valence-electron chi connectivity index (χ0n) is 8.80. The van der Waals surface area contributed by atoms with Gasteiger partial charge in [-0.2, -0.15) is 0 Å². The molecule has 0 bridgehead atoms. The fourth-order valence-corrected chi connectivity index (χ4v) is 2.02. The van der Waals surface area contributed by atoms with E-state index in [0.29, 0.717) is 0 Å². The second-order valence-electron chi connectivity index (χ2n) is 3.87. The first-order chi connectivity index (χ1) is 7.99. The van der Waals surface area contributed by atoms with Crippen LogP contribution in [0.15, 0.2) is 16.5 Å². The minimum atomic E-state index is -0.804. The maximum absolute atomic E-state index is 12.0. The van der Waals surface area contributed by atoms with Crippen molar-refractivity contribution in [3.63, 3.8) is 0 Å². The number of β-amino-alcohol motifs (C(OH)–C–C–N with tert-alkyl or cyclic N) is 1. The number of rotatable bonds is 2. The lowest BCUT2D eigenvalue weighted by Crippen LogP contribution is -2.43. The molecule has 6 nitrogen and oxygen atoms in total. The summed E-state index contributed by atoms with van der Waals surface area (Å²) in [5.41, 5.74) is 5.17. The number of aliphatic hydroxyl groups is 1. The molecule has 0 spiro atoms. The van der Waals surface area contributed by atoms with Gasteiger partial charge in [0.15, 0.2) is 11.0 Å². The molecule has 2 heterocycles. The van der Waals surface area contributed by atoms with Crippen LogP contribution in [0.25, 0.3) is 0 Å². The fraction of sp³-hybridized carbons (Fsp3) is 0.400. The van der Waals surface area contributed by atoms with Crippen LogP contribution in [0.2, 0.25) is 5.22 Å². The Morgan fingerprint density at radius 2 is 2.24 bits per heavy atom. The zero-order chi connectivity index (χ0) is 12.6. The average molecular weight is 259 g/mol. The van der Waals surface area contributed by atoms with Gasteiger partial charge in [-0.3, -0.25) is 9.59 Å². The number of aliphatic hydroxyl groups excluding tert-OH is 1. The summed E-state index contributed by atoms with van der Waals surface area (Å²) in [5.74, 6) is -1.12. The SMILES string of the molecule is NC(=O)C1CC(O)CN1C(=O)c1ccc(Cl)o1. The fourth-order valence-electron chi connectivity index (χ4n) is 1.88. The summed E-state index contributed by atoms with van der Waals surface area (Å²) in [6, 6.07) is 2.04. The van der Waals surface area contributed by atoms with Crippen molar-refractivity contribution in [2.24, 2.45) is 5.73 Å². The Morgan fingerprint density at radius 3 is 2.76 bits per heavy atom. The Balaban J connectivity index is 2.21. The smallest absolute Gasteiger partial charge is 0.290 e. The van der Waals surface area contributed by atoms with Crippen LogP contribution in [0.4, 0.5) is 0 Å². The van der Waals surface area contributed by atoms with Crippen molar-refractivity contribution in [2.45, 2.75) is 18.6 Å². The second kappa shape index (κ2) is 4.38. The van der Waals surface area contributed by atoms with Gasteiger partial charge < -0.3 is 20.2 Å². The van der Waals surface area contributed by atoms with Crippen molar-refractivity contribution in [1.82, 2.24) is 4.90 Å². The molecule has 1 aromatic rings. The molecule has 92 valence electrons. The van der Waals surface area contributed by atoms with Gasteiger partial charge >= 0.3 is 0 Å².